The molecule has 0 spiro atoms. The van der Waals surface area contributed by atoms with Crippen molar-refractivity contribution in [3.63, 3.8) is 0 Å². The largest absolute Gasteiger partial charge is 0.417 e. The van der Waals surface area contributed by atoms with Crippen LogP contribution in [0.5, 0.6) is 0 Å². The minimum Gasteiger partial charge on any atom is -0.391 e. The topological polar surface area (TPSA) is 95.7 Å². The quantitative estimate of drug-likeness (QED) is 0.737. The lowest BCUT2D eigenvalue weighted by Crippen LogP contribution is -2.46. The lowest BCUT2D eigenvalue weighted by molar-refractivity contribution is -0.138. The predicted molar refractivity (Wildman–Crippen MR) is 99.4 cm³/mol. The van der Waals surface area contributed by atoms with Gasteiger partial charge >= 0.3 is 6.18 Å². The zero-order valence-electron chi connectivity index (χ0n) is 15.9. The monoisotopic (exact) mass is 445 g/mol. The summed E-state index contributed by atoms with van der Waals surface area (Å²) in [5.41, 5.74) is -0.185. The summed E-state index contributed by atoms with van der Waals surface area (Å²) in [6, 6.07) is 4.00. The van der Waals surface area contributed by atoms with Crippen molar-refractivity contribution in [1.82, 2.24) is 15.4 Å². The number of carbonyl (C=O) groups excluding carboxylic acids is 2. The number of halogens is 4. The third-order valence-electron chi connectivity index (χ3n) is 4.71. The Morgan fingerprint density at radius 2 is 2.10 bits per heavy atom. The van der Waals surface area contributed by atoms with Crippen LogP contribution in [-0.2, 0) is 28.7 Å². The standard InChI is InChI=1S/C19H19ClF3N3O4/c1-10-4-13(30-25-10)7-17(28)26-9-12(27)6-16(26)18(29)24-8-11-2-3-15(20)14(5-11)19(21,22)23/h2-5,12,16,27H,6-9H2,1H3,(H,24,29)/t12-,16?/m1/s1. The Labute approximate surface area is 174 Å². The summed E-state index contributed by atoms with van der Waals surface area (Å²) >= 11 is 5.59. The normalized spacial score (nSPS) is 19.2. The maximum Gasteiger partial charge on any atom is 0.417 e. The molecule has 2 N–H and O–H groups in total. The van der Waals surface area contributed by atoms with E-state index < -0.39 is 40.7 Å². The fourth-order valence-electron chi connectivity index (χ4n) is 3.29. The molecule has 0 radical (unpaired) electrons. The van der Waals surface area contributed by atoms with E-state index in [-0.39, 0.29) is 31.5 Å². The summed E-state index contributed by atoms with van der Waals surface area (Å²) in [6.07, 6.45) is -5.59. The van der Waals surface area contributed by atoms with Gasteiger partial charge in [-0.15, -0.1) is 0 Å². The summed E-state index contributed by atoms with van der Waals surface area (Å²) in [6.45, 7) is 1.49. The van der Waals surface area contributed by atoms with E-state index in [4.69, 9.17) is 16.1 Å². The van der Waals surface area contributed by atoms with Crippen molar-refractivity contribution < 1.29 is 32.4 Å². The van der Waals surface area contributed by atoms with Crippen molar-refractivity contribution >= 4 is 23.4 Å². The number of amides is 2. The number of aromatic nitrogens is 1. The van der Waals surface area contributed by atoms with E-state index in [9.17, 15) is 27.9 Å². The lowest BCUT2D eigenvalue weighted by atomic mass is 10.1. The summed E-state index contributed by atoms with van der Waals surface area (Å²) in [7, 11) is 0. The summed E-state index contributed by atoms with van der Waals surface area (Å²) < 4.78 is 44.0. The highest BCUT2D eigenvalue weighted by Crippen LogP contribution is 2.35. The summed E-state index contributed by atoms with van der Waals surface area (Å²) in [4.78, 5) is 26.4. The molecule has 2 aromatic rings. The number of benzene rings is 1. The Bertz CT molecular complexity index is 947. The van der Waals surface area contributed by atoms with Gasteiger partial charge in [-0.1, -0.05) is 22.8 Å². The van der Waals surface area contributed by atoms with Crippen LogP contribution in [0.2, 0.25) is 5.02 Å². The molecule has 11 heteroatoms. The number of rotatable bonds is 5. The number of β-amino-alcohol motifs (C(OH)–C–C–N with tert-alkyl or cyclic N) is 1. The average Bonchev–Trinajstić information content (AvgIpc) is 3.25. The smallest absolute Gasteiger partial charge is 0.391 e. The molecule has 3 rings (SSSR count). The fraction of sp³-hybridized carbons (Fsp3) is 0.421. The number of alkyl halides is 3. The average molecular weight is 446 g/mol. The number of nitrogens with one attached hydrogen (secondary N) is 1. The van der Waals surface area contributed by atoms with Crippen LogP contribution in [0, 0.1) is 6.92 Å². The zero-order chi connectivity index (χ0) is 22.1. The van der Waals surface area contributed by atoms with E-state index in [1.807, 2.05) is 0 Å². The minimum atomic E-state index is -4.62. The molecule has 1 saturated heterocycles. The minimum absolute atomic E-state index is 0.0246. The van der Waals surface area contributed by atoms with E-state index >= 15 is 0 Å². The number of aryl methyl sites for hydroxylation is 1. The van der Waals surface area contributed by atoms with Gasteiger partial charge in [0.25, 0.3) is 0 Å². The Hall–Kier alpha value is -2.59. The van der Waals surface area contributed by atoms with Gasteiger partial charge in [0.05, 0.1) is 28.8 Å². The molecule has 2 heterocycles. The van der Waals surface area contributed by atoms with Gasteiger partial charge in [-0.05, 0) is 24.6 Å². The van der Waals surface area contributed by atoms with E-state index in [0.29, 0.717) is 11.5 Å². The van der Waals surface area contributed by atoms with Crippen molar-refractivity contribution in [2.24, 2.45) is 0 Å². The number of nitrogens with zero attached hydrogens (tertiary/aromatic N) is 2. The number of aliphatic hydroxyl groups excluding tert-OH is 1. The zero-order valence-corrected chi connectivity index (χ0v) is 16.6. The SMILES string of the molecule is Cc1cc(CC(=O)N2C[C@H](O)CC2C(=O)NCc2ccc(Cl)c(C(F)(F)F)c2)on1. The van der Waals surface area contributed by atoms with Crippen LogP contribution in [0.1, 0.15) is 29.0 Å². The molecule has 1 aromatic heterocycles. The van der Waals surface area contributed by atoms with Gasteiger partial charge in [-0.3, -0.25) is 9.59 Å². The number of hydrogen-bond donors (Lipinski definition) is 2. The van der Waals surface area contributed by atoms with Gasteiger partial charge in [0.1, 0.15) is 11.8 Å². The second kappa shape index (κ2) is 8.65. The molecule has 1 aliphatic rings. The van der Waals surface area contributed by atoms with Gasteiger partial charge in [0.2, 0.25) is 11.8 Å². The van der Waals surface area contributed by atoms with Crippen molar-refractivity contribution in [3.05, 3.63) is 51.9 Å². The molecular weight excluding hydrogens is 427 g/mol. The highest BCUT2D eigenvalue weighted by atomic mass is 35.5. The summed E-state index contributed by atoms with van der Waals surface area (Å²) in [5, 5.41) is 15.7. The van der Waals surface area contributed by atoms with Crippen LogP contribution in [0.3, 0.4) is 0 Å². The maximum absolute atomic E-state index is 13.0. The molecule has 0 saturated carbocycles. The predicted octanol–water partition coefficient (Wildman–Crippen LogP) is 2.48. The number of aliphatic hydroxyl groups is 1. The third-order valence-corrected chi connectivity index (χ3v) is 5.04. The first kappa shape index (κ1) is 22.1. The molecule has 1 aliphatic heterocycles. The Morgan fingerprint density at radius 1 is 1.37 bits per heavy atom. The maximum atomic E-state index is 13.0. The molecular formula is C19H19ClF3N3O4. The Kier molecular flexibility index (Phi) is 6.37. The summed E-state index contributed by atoms with van der Waals surface area (Å²) in [5.74, 6) is -0.662. The third kappa shape index (κ3) is 5.11. The first-order valence-corrected chi connectivity index (χ1v) is 9.45. The van der Waals surface area contributed by atoms with Crippen LogP contribution >= 0.6 is 11.6 Å². The molecule has 162 valence electrons. The number of hydrogen-bond acceptors (Lipinski definition) is 5. The van der Waals surface area contributed by atoms with Gasteiger partial charge in [-0.25, -0.2) is 0 Å². The first-order valence-electron chi connectivity index (χ1n) is 9.07. The number of carbonyl (C=O) groups is 2. The lowest BCUT2D eigenvalue weighted by Gasteiger charge is -2.23. The van der Waals surface area contributed by atoms with Crippen LogP contribution in [-0.4, -0.2) is 45.7 Å². The fourth-order valence-corrected chi connectivity index (χ4v) is 3.52. The molecule has 1 aromatic carbocycles. The van der Waals surface area contributed by atoms with Gasteiger partial charge in [0, 0.05) is 25.6 Å². The molecule has 1 unspecified atom stereocenters. The van der Waals surface area contributed by atoms with Crippen molar-refractivity contribution in [1.29, 1.82) is 0 Å². The highest BCUT2D eigenvalue weighted by molar-refractivity contribution is 6.31. The molecule has 0 bridgehead atoms. The van der Waals surface area contributed by atoms with Crippen molar-refractivity contribution in [2.45, 2.75) is 44.6 Å². The second-order valence-corrected chi connectivity index (χ2v) is 7.50. The molecule has 0 aliphatic carbocycles. The Balaban J connectivity index is 1.65. The van der Waals surface area contributed by atoms with Gasteiger partial charge in [0.15, 0.2) is 0 Å². The van der Waals surface area contributed by atoms with E-state index in [1.54, 1.807) is 13.0 Å². The van der Waals surface area contributed by atoms with Crippen molar-refractivity contribution in [3.8, 4) is 0 Å². The van der Waals surface area contributed by atoms with Crippen LogP contribution in [0.4, 0.5) is 13.2 Å². The molecule has 30 heavy (non-hydrogen) atoms. The van der Waals surface area contributed by atoms with Crippen LogP contribution < -0.4 is 5.32 Å². The highest BCUT2D eigenvalue weighted by Gasteiger charge is 2.39. The number of likely N-dealkylation sites (tertiary alicyclic amines) is 1. The first-order chi connectivity index (χ1) is 14.0. The second-order valence-electron chi connectivity index (χ2n) is 7.09. The van der Waals surface area contributed by atoms with Crippen LogP contribution in [0.25, 0.3) is 0 Å². The van der Waals surface area contributed by atoms with Gasteiger partial charge in [-0.2, -0.15) is 13.2 Å². The Morgan fingerprint density at radius 3 is 2.73 bits per heavy atom. The van der Waals surface area contributed by atoms with E-state index in [0.717, 1.165) is 12.1 Å². The van der Waals surface area contributed by atoms with E-state index in [2.05, 4.69) is 10.5 Å². The molecule has 1 fully saturated rings. The van der Waals surface area contributed by atoms with E-state index in [1.165, 1.54) is 11.0 Å². The van der Waals surface area contributed by atoms with Crippen molar-refractivity contribution in [2.75, 3.05) is 6.54 Å². The van der Waals surface area contributed by atoms with Crippen LogP contribution in [0.15, 0.2) is 28.8 Å². The molecule has 7 nitrogen and oxygen atoms in total. The molecule has 2 amide bonds. The van der Waals surface area contributed by atoms with Gasteiger partial charge < -0.3 is 19.8 Å². The molecule has 2 atom stereocenters.